The molecule has 0 aromatic heterocycles. The average Bonchev–Trinajstić information content (AvgIpc) is 2.49. The lowest BCUT2D eigenvalue weighted by Crippen LogP contribution is -2.51. The van der Waals surface area contributed by atoms with Crippen molar-refractivity contribution in [3.05, 3.63) is 0 Å². The first-order valence-electron chi connectivity index (χ1n) is 5.32. The van der Waals surface area contributed by atoms with E-state index in [1.54, 1.807) is 0 Å². The zero-order valence-electron chi connectivity index (χ0n) is 8.75. The van der Waals surface area contributed by atoms with Crippen molar-refractivity contribution in [2.24, 2.45) is 11.7 Å². The number of nitrogens with two attached hydrogens (primary N) is 1. The van der Waals surface area contributed by atoms with Gasteiger partial charge in [-0.25, -0.2) is 0 Å². The number of hydrogen-bond donors (Lipinski definition) is 3. The summed E-state index contributed by atoms with van der Waals surface area (Å²) >= 11 is 0. The minimum atomic E-state index is -0.709. The first-order chi connectivity index (χ1) is 6.63. The van der Waals surface area contributed by atoms with Crippen LogP contribution < -0.4 is 11.1 Å². The molecule has 82 valence electrons. The van der Waals surface area contributed by atoms with E-state index in [9.17, 15) is 9.90 Å². The topological polar surface area (TPSA) is 75.3 Å². The lowest BCUT2D eigenvalue weighted by atomic mass is 9.82. The molecule has 14 heavy (non-hydrogen) atoms. The summed E-state index contributed by atoms with van der Waals surface area (Å²) in [5, 5.41) is 12.4. The van der Waals surface area contributed by atoms with Crippen LogP contribution in [0.15, 0.2) is 0 Å². The number of carboxylic acids is 1. The largest absolute Gasteiger partial charge is 0.480 e. The van der Waals surface area contributed by atoms with Gasteiger partial charge in [-0.1, -0.05) is 6.92 Å². The highest BCUT2D eigenvalue weighted by Gasteiger charge is 2.45. The molecular weight excluding hydrogens is 180 g/mol. The van der Waals surface area contributed by atoms with Crippen LogP contribution in [-0.2, 0) is 4.79 Å². The molecule has 0 saturated carbocycles. The predicted octanol–water partition coefficient (Wildman–Crippen LogP) is 0.568. The molecule has 1 saturated heterocycles. The van der Waals surface area contributed by atoms with E-state index in [0.29, 0.717) is 13.0 Å². The minimum absolute atomic E-state index is 0.220. The van der Waals surface area contributed by atoms with E-state index >= 15 is 0 Å². The number of nitrogens with one attached hydrogen (secondary N) is 1. The van der Waals surface area contributed by atoms with Gasteiger partial charge in [0.25, 0.3) is 0 Å². The third kappa shape index (κ3) is 2.07. The molecule has 1 rings (SSSR count). The number of carboxylic acid groups (broad SMARTS) is 1. The molecule has 4 nitrogen and oxygen atoms in total. The van der Waals surface area contributed by atoms with E-state index in [0.717, 1.165) is 25.8 Å². The van der Waals surface area contributed by atoms with E-state index in [1.165, 1.54) is 0 Å². The van der Waals surface area contributed by atoms with Crippen molar-refractivity contribution in [2.45, 2.75) is 38.1 Å². The molecule has 0 radical (unpaired) electrons. The van der Waals surface area contributed by atoms with Gasteiger partial charge >= 0.3 is 5.97 Å². The Morgan fingerprint density at radius 2 is 2.36 bits per heavy atom. The lowest BCUT2D eigenvalue weighted by Gasteiger charge is -2.29. The quantitative estimate of drug-likeness (QED) is 0.567. The molecule has 0 bridgehead atoms. The zero-order chi connectivity index (χ0) is 10.6. The maximum atomic E-state index is 11.2. The number of unbranched alkanes of at least 4 members (excludes halogenated alkanes) is 1. The maximum Gasteiger partial charge on any atom is 0.324 e. The van der Waals surface area contributed by atoms with Gasteiger partial charge < -0.3 is 16.2 Å². The molecule has 0 aromatic rings. The highest BCUT2D eigenvalue weighted by molar-refractivity contribution is 5.79. The second-order valence-electron chi connectivity index (χ2n) is 4.14. The normalized spacial score (nSPS) is 32.0. The van der Waals surface area contributed by atoms with Crippen molar-refractivity contribution in [1.82, 2.24) is 5.32 Å². The first kappa shape index (κ1) is 11.5. The van der Waals surface area contributed by atoms with Gasteiger partial charge in [0.05, 0.1) is 0 Å². The smallest absolute Gasteiger partial charge is 0.324 e. The van der Waals surface area contributed by atoms with Crippen molar-refractivity contribution in [2.75, 3.05) is 13.1 Å². The molecule has 1 aliphatic rings. The monoisotopic (exact) mass is 200 g/mol. The van der Waals surface area contributed by atoms with Crippen molar-refractivity contribution >= 4 is 5.97 Å². The van der Waals surface area contributed by atoms with Gasteiger partial charge in [0.2, 0.25) is 0 Å². The molecule has 2 atom stereocenters. The standard InChI is InChI=1S/C10H20N2O2/c1-8-4-7-12-10(8,9(13)14)5-2-3-6-11/h8,12H,2-7,11H2,1H3,(H,13,14)/t8?,10-/m1/s1. The van der Waals surface area contributed by atoms with Gasteiger partial charge in [-0.3, -0.25) is 4.79 Å². The molecular formula is C10H20N2O2. The summed E-state index contributed by atoms with van der Waals surface area (Å²) in [6.45, 7) is 3.47. The highest BCUT2D eigenvalue weighted by Crippen LogP contribution is 2.31. The van der Waals surface area contributed by atoms with Crippen molar-refractivity contribution < 1.29 is 9.90 Å². The Hall–Kier alpha value is -0.610. The van der Waals surface area contributed by atoms with Crippen LogP contribution in [0.2, 0.25) is 0 Å². The van der Waals surface area contributed by atoms with Crippen LogP contribution in [0.4, 0.5) is 0 Å². The highest BCUT2D eigenvalue weighted by atomic mass is 16.4. The van der Waals surface area contributed by atoms with E-state index in [1.807, 2.05) is 6.92 Å². The number of hydrogen-bond acceptors (Lipinski definition) is 3. The summed E-state index contributed by atoms with van der Waals surface area (Å²) < 4.78 is 0. The predicted molar refractivity (Wildman–Crippen MR) is 55.1 cm³/mol. The average molecular weight is 200 g/mol. The molecule has 1 aliphatic heterocycles. The lowest BCUT2D eigenvalue weighted by molar-refractivity contribution is -0.146. The SMILES string of the molecule is CC1CCN[C@@]1(CCCCN)C(=O)O. The van der Waals surface area contributed by atoms with Crippen LogP contribution in [0.1, 0.15) is 32.6 Å². The Kier molecular flexibility index (Phi) is 3.89. The van der Waals surface area contributed by atoms with Gasteiger partial charge in [0.1, 0.15) is 5.54 Å². The van der Waals surface area contributed by atoms with Gasteiger partial charge in [0.15, 0.2) is 0 Å². The molecule has 1 unspecified atom stereocenters. The molecule has 0 aromatic carbocycles. The molecule has 0 spiro atoms. The fourth-order valence-corrected chi connectivity index (χ4v) is 2.21. The first-order valence-corrected chi connectivity index (χ1v) is 5.32. The number of carbonyl (C=O) groups is 1. The van der Waals surface area contributed by atoms with E-state index in [-0.39, 0.29) is 5.92 Å². The molecule has 1 fully saturated rings. The summed E-state index contributed by atoms with van der Waals surface area (Å²) in [6, 6.07) is 0. The fourth-order valence-electron chi connectivity index (χ4n) is 2.21. The molecule has 0 amide bonds. The van der Waals surface area contributed by atoms with Gasteiger partial charge in [-0.05, 0) is 44.7 Å². The van der Waals surface area contributed by atoms with Crippen LogP contribution in [0.25, 0.3) is 0 Å². The van der Waals surface area contributed by atoms with Crippen molar-refractivity contribution in [3.8, 4) is 0 Å². The minimum Gasteiger partial charge on any atom is -0.480 e. The fraction of sp³-hybridized carbons (Fsp3) is 0.900. The third-order valence-corrected chi connectivity index (χ3v) is 3.27. The van der Waals surface area contributed by atoms with Crippen LogP contribution in [-0.4, -0.2) is 29.7 Å². The summed E-state index contributed by atoms with van der Waals surface area (Å²) in [5.41, 5.74) is 4.71. The van der Waals surface area contributed by atoms with Crippen LogP contribution in [0.5, 0.6) is 0 Å². The second-order valence-corrected chi connectivity index (χ2v) is 4.14. The maximum absolute atomic E-state index is 11.2. The summed E-state index contributed by atoms with van der Waals surface area (Å²) in [6.07, 6.45) is 3.44. The van der Waals surface area contributed by atoms with Gasteiger partial charge in [-0.15, -0.1) is 0 Å². The Bertz CT molecular complexity index is 208. The number of rotatable bonds is 5. The van der Waals surface area contributed by atoms with E-state index in [4.69, 9.17) is 5.73 Å². The Labute approximate surface area is 84.9 Å². The van der Waals surface area contributed by atoms with Crippen molar-refractivity contribution in [3.63, 3.8) is 0 Å². The van der Waals surface area contributed by atoms with Gasteiger partial charge in [-0.2, -0.15) is 0 Å². The zero-order valence-corrected chi connectivity index (χ0v) is 8.75. The van der Waals surface area contributed by atoms with Gasteiger partial charge in [0, 0.05) is 0 Å². The Balaban J connectivity index is 2.58. The molecule has 1 heterocycles. The number of aliphatic carboxylic acids is 1. The second kappa shape index (κ2) is 4.75. The van der Waals surface area contributed by atoms with Crippen LogP contribution in [0, 0.1) is 5.92 Å². The van der Waals surface area contributed by atoms with Crippen molar-refractivity contribution in [1.29, 1.82) is 0 Å². The van der Waals surface area contributed by atoms with Crippen LogP contribution >= 0.6 is 0 Å². The molecule has 0 aliphatic carbocycles. The third-order valence-electron chi connectivity index (χ3n) is 3.27. The Morgan fingerprint density at radius 1 is 1.64 bits per heavy atom. The Morgan fingerprint density at radius 3 is 2.79 bits per heavy atom. The van der Waals surface area contributed by atoms with Crippen LogP contribution in [0.3, 0.4) is 0 Å². The molecule has 4 heteroatoms. The summed E-state index contributed by atoms with van der Waals surface area (Å²) in [5.74, 6) is -0.489. The summed E-state index contributed by atoms with van der Waals surface area (Å²) in [4.78, 5) is 11.2. The van der Waals surface area contributed by atoms with E-state index in [2.05, 4.69) is 5.32 Å². The molecule has 4 N–H and O–H groups in total. The summed E-state index contributed by atoms with van der Waals surface area (Å²) in [7, 11) is 0. The van der Waals surface area contributed by atoms with E-state index < -0.39 is 11.5 Å².